The van der Waals surface area contributed by atoms with Gasteiger partial charge in [-0.1, -0.05) is 47.1 Å². The quantitative estimate of drug-likeness (QED) is 0.489. The van der Waals surface area contributed by atoms with E-state index < -0.39 is 0 Å². The molecular weight excluding hydrogens is 368 g/mol. The van der Waals surface area contributed by atoms with Crippen LogP contribution < -0.4 is 0 Å². The molecule has 5 aliphatic rings. The first-order chi connectivity index (χ1) is 13.9. The highest BCUT2D eigenvalue weighted by molar-refractivity contribution is 5.95. The van der Waals surface area contributed by atoms with Gasteiger partial charge in [-0.05, 0) is 109 Å². The molecule has 9 unspecified atom stereocenters. The van der Waals surface area contributed by atoms with Gasteiger partial charge in [0, 0.05) is 5.92 Å². The van der Waals surface area contributed by atoms with Crippen molar-refractivity contribution in [2.24, 2.45) is 51.2 Å². The van der Waals surface area contributed by atoms with E-state index in [4.69, 9.17) is 0 Å². The van der Waals surface area contributed by atoms with Crippen LogP contribution in [0.5, 0.6) is 0 Å². The Morgan fingerprint density at radius 1 is 0.867 bits per heavy atom. The predicted octanol–water partition coefficient (Wildman–Crippen LogP) is 6.57. The molecule has 0 aliphatic heterocycles. The Hall–Kier alpha value is -0.630. The lowest BCUT2D eigenvalue weighted by molar-refractivity contribution is -0.169. The summed E-state index contributed by atoms with van der Waals surface area (Å²) in [6, 6.07) is 0. The Bertz CT molecular complexity index is 780. The minimum atomic E-state index is -0.183. The molecule has 0 radical (unpaired) electrons. The molecule has 4 saturated carbocycles. The van der Waals surface area contributed by atoms with Gasteiger partial charge in [0.15, 0.2) is 5.78 Å². The average molecular weight is 413 g/mol. The number of aliphatic hydroxyl groups is 1. The Labute approximate surface area is 184 Å². The normalized spacial score (nSPS) is 54.9. The number of allylic oxidation sites excluding steroid dienone is 2. The molecule has 2 nitrogen and oxygen atoms in total. The molecule has 0 aromatic rings. The maximum absolute atomic E-state index is 13.9. The Morgan fingerprint density at radius 3 is 2.30 bits per heavy atom. The number of hydrogen-bond acceptors (Lipinski definition) is 2. The van der Waals surface area contributed by atoms with Crippen LogP contribution in [0.25, 0.3) is 0 Å². The zero-order chi connectivity index (χ0) is 21.7. The first-order valence-electron chi connectivity index (χ1n) is 12.8. The van der Waals surface area contributed by atoms with Crippen LogP contribution >= 0.6 is 0 Å². The van der Waals surface area contributed by atoms with E-state index in [0.717, 1.165) is 19.3 Å². The molecule has 2 heteroatoms. The van der Waals surface area contributed by atoms with Crippen molar-refractivity contribution in [3.63, 3.8) is 0 Å². The number of fused-ring (bicyclic) bond motifs is 7. The number of ketones is 1. The van der Waals surface area contributed by atoms with Crippen LogP contribution in [0, 0.1) is 51.2 Å². The number of hydrogen-bond donors (Lipinski definition) is 1. The molecule has 1 N–H and O–H groups in total. The second kappa shape index (κ2) is 6.46. The Balaban J connectivity index is 1.57. The Morgan fingerprint density at radius 2 is 1.57 bits per heavy atom. The third-order valence-electron chi connectivity index (χ3n) is 11.5. The van der Waals surface area contributed by atoms with Gasteiger partial charge < -0.3 is 5.11 Å². The van der Waals surface area contributed by atoms with E-state index >= 15 is 0 Å². The van der Waals surface area contributed by atoms with Gasteiger partial charge >= 0.3 is 0 Å². The van der Waals surface area contributed by atoms with Crippen LogP contribution in [-0.2, 0) is 4.79 Å². The zero-order valence-corrected chi connectivity index (χ0v) is 20.3. The average Bonchev–Trinajstić information content (AvgIpc) is 2.65. The van der Waals surface area contributed by atoms with Gasteiger partial charge in [0.25, 0.3) is 0 Å². The van der Waals surface area contributed by atoms with Gasteiger partial charge in [0.05, 0.1) is 6.10 Å². The highest BCUT2D eigenvalue weighted by Crippen LogP contribution is 2.69. The molecule has 0 spiro atoms. The lowest BCUT2D eigenvalue weighted by Gasteiger charge is -2.65. The van der Waals surface area contributed by atoms with Gasteiger partial charge in [-0.3, -0.25) is 4.79 Å². The zero-order valence-electron chi connectivity index (χ0n) is 20.3. The van der Waals surface area contributed by atoms with Crippen molar-refractivity contribution < 1.29 is 9.90 Å². The lowest BCUT2D eigenvalue weighted by atomic mass is 9.38. The molecule has 0 saturated heterocycles. The summed E-state index contributed by atoms with van der Waals surface area (Å²) in [6.07, 6.45) is 12.7. The molecule has 5 aliphatic carbocycles. The van der Waals surface area contributed by atoms with Crippen molar-refractivity contribution >= 4 is 5.78 Å². The topological polar surface area (TPSA) is 37.3 Å². The van der Waals surface area contributed by atoms with Crippen molar-refractivity contribution in [2.45, 2.75) is 105 Å². The van der Waals surface area contributed by atoms with Crippen LogP contribution in [0.4, 0.5) is 0 Å². The monoisotopic (exact) mass is 412 g/mol. The number of carbonyl (C=O) groups excluding carboxylic acids is 1. The molecule has 9 atom stereocenters. The highest BCUT2D eigenvalue weighted by Gasteiger charge is 2.64. The first kappa shape index (κ1) is 21.2. The summed E-state index contributed by atoms with van der Waals surface area (Å²) >= 11 is 0. The van der Waals surface area contributed by atoms with Crippen molar-refractivity contribution in [3.05, 3.63) is 11.6 Å². The third kappa shape index (κ3) is 2.74. The van der Waals surface area contributed by atoms with Gasteiger partial charge in [0.1, 0.15) is 0 Å². The predicted molar refractivity (Wildman–Crippen MR) is 122 cm³/mol. The number of carbonyl (C=O) groups is 1. The summed E-state index contributed by atoms with van der Waals surface area (Å²) in [5.41, 5.74) is 2.50. The molecule has 0 aromatic carbocycles. The smallest absolute Gasteiger partial charge is 0.159 e. The molecule has 30 heavy (non-hydrogen) atoms. The van der Waals surface area contributed by atoms with E-state index in [-0.39, 0.29) is 22.9 Å². The van der Waals surface area contributed by atoms with Crippen molar-refractivity contribution in [3.8, 4) is 0 Å². The van der Waals surface area contributed by atoms with Gasteiger partial charge in [-0.2, -0.15) is 0 Å². The van der Waals surface area contributed by atoms with Gasteiger partial charge in [0.2, 0.25) is 0 Å². The van der Waals surface area contributed by atoms with Crippen molar-refractivity contribution in [1.29, 1.82) is 0 Å². The van der Waals surface area contributed by atoms with E-state index in [0.29, 0.717) is 40.3 Å². The van der Waals surface area contributed by atoms with Crippen LogP contribution in [0.2, 0.25) is 0 Å². The van der Waals surface area contributed by atoms with Crippen LogP contribution in [0.15, 0.2) is 11.6 Å². The fourth-order valence-electron chi connectivity index (χ4n) is 9.68. The summed E-state index contributed by atoms with van der Waals surface area (Å²) in [7, 11) is 0. The van der Waals surface area contributed by atoms with E-state index in [1.54, 1.807) is 5.57 Å². The van der Waals surface area contributed by atoms with E-state index in [1.807, 2.05) is 0 Å². The van der Waals surface area contributed by atoms with Crippen LogP contribution in [0.3, 0.4) is 0 Å². The maximum Gasteiger partial charge on any atom is 0.159 e. The van der Waals surface area contributed by atoms with Crippen molar-refractivity contribution in [2.75, 3.05) is 0 Å². The summed E-state index contributed by atoms with van der Waals surface area (Å²) in [5.74, 6) is 2.58. The van der Waals surface area contributed by atoms with E-state index in [9.17, 15) is 9.90 Å². The van der Waals surface area contributed by atoms with E-state index in [1.165, 1.54) is 38.5 Å². The molecule has 168 valence electrons. The standard InChI is InChI=1S/C28H44O2/c1-17-19-8-11-28(6)20-7-10-26(4)14-13-25(2,3)16-21(26)18(20)15-23(30)24(28)27(19,5)12-9-22(17)29/h15,17,19-22,24,29H,7-14,16H2,1-6H3. The maximum atomic E-state index is 13.9. The molecule has 0 bridgehead atoms. The molecule has 4 fully saturated rings. The van der Waals surface area contributed by atoms with Gasteiger partial charge in [-0.25, -0.2) is 0 Å². The molecule has 0 heterocycles. The largest absolute Gasteiger partial charge is 0.393 e. The summed E-state index contributed by atoms with van der Waals surface area (Å²) in [4.78, 5) is 13.9. The van der Waals surface area contributed by atoms with Crippen LogP contribution in [-0.4, -0.2) is 17.0 Å². The summed E-state index contributed by atoms with van der Waals surface area (Å²) in [5, 5.41) is 10.6. The van der Waals surface area contributed by atoms with Crippen LogP contribution in [0.1, 0.15) is 99.3 Å². The third-order valence-corrected chi connectivity index (χ3v) is 11.5. The SMILES string of the molecule is CC1C(O)CCC2(C)C1CCC1(C)C3CCC4(C)CCC(C)(C)CC4C3=CC(=O)C12. The Kier molecular flexibility index (Phi) is 4.57. The fourth-order valence-corrected chi connectivity index (χ4v) is 9.68. The first-order valence-corrected chi connectivity index (χ1v) is 12.8. The minimum absolute atomic E-state index is 0.0529. The molecule has 0 amide bonds. The fraction of sp³-hybridized carbons (Fsp3) is 0.893. The minimum Gasteiger partial charge on any atom is -0.393 e. The second-order valence-corrected chi connectivity index (χ2v) is 13.8. The lowest BCUT2D eigenvalue weighted by Crippen LogP contribution is -2.62. The summed E-state index contributed by atoms with van der Waals surface area (Å²) in [6.45, 7) is 14.5. The molecule has 5 rings (SSSR count). The van der Waals surface area contributed by atoms with E-state index in [2.05, 4.69) is 47.6 Å². The second-order valence-electron chi connectivity index (χ2n) is 13.8. The number of aliphatic hydroxyl groups excluding tert-OH is 1. The number of rotatable bonds is 0. The summed E-state index contributed by atoms with van der Waals surface area (Å²) < 4.78 is 0. The molecule has 0 aromatic heterocycles. The molecular formula is C28H44O2. The van der Waals surface area contributed by atoms with Gasteiger partial charge in [-0.15, -0.1) is 0 Å². The van der Waals surface area contributed by atoms with Crippen molar-refractivity contribution in [1.82, 2.24) is 0 Å². The highest BCUT2D eigenvalue weighted by atomic mass is 16.3.